The van der Waals surface area contributed by atoms with Crippen molar-refractivity contribution in [3.63, 3.8) is 0 Å². The number of nitrogens with two attached hydrogens (primary N) is 1. The molecule has 0 aromatic carbocycles. The van der Waals surface area contributed by atoms with E-state index in [9.17, 15) is 0 Å². The second kappa shape index (κ2) is 6.45. The molecule has 19 heavy (non-hydrogen) atoms. The highest BCUT2D eigenvalue weighted by atomic mass is 16.5. The number of likely N-dealkylation sites (N-methyl/N-ethyl adjacent to an activating group) is 2. The number of hydrogen-bond donors (Lipinski definition) is 1. The summed E-state index contributed by atoms with van der Waals surface area (Å²) in [6.45, 7) is 5.85. The highest BCUT2D eigenvalue weighted by Crippen LogP contribution is 2.23. The van der Waals surface area contributed by atoms with E-state index in [1.807, 2.05) is 0 Å². The fourth-order valence-corrected chi connectivity index (χ4v) is 2.51. The maximum Gasteiger partial charge on any atom is 0.229 e. The molecule has 0 aliphatic carbocycles. The van der Waals surface area contributed by atoms with Gasteiger partial charge in [-0.1, -0.05) is 12.1 Å². The minimum Gasteiger partial charge on any atom is -0.339 e. The topological polar surface area (TPSA) is 71.4 Å². The lowest BCUT2D eigenvalue weighted by Crippen LogP contribution is -2.31. The molecule has 0 radical (unpaired) electrons. The van der Waals surface area contributed by atoms with Crippen molar-refractivity contribution in [3.05, 3.63) is 11.7 Å². The van der Waals surface area contributed by atoms with Crippen LogP contribution >= 0.6 is 0 Å². The van der Waals surface area contributed by atoms with Gasteiger partial charge in [0, 0.05) is 12.5 Å². The standard InChI is InChI=1S/C13H25N5O/c1-10(5-6-14)13-15-12(16-19-13)11-9-17(2)7-4-8-18(11)3/h10-11H,4-9,14H2,1-3H3. The normalized spacial score (nSPS) is 24.3. The van der Waals surface area contributed by atoms with Crippen LogP contribution in [0.1, 0.15) is 43.4 Å². The third kappa shape index (κ3) is 3.52. The van der Waals surface area contributed by atoms with E-state index in [1.54, 1.807) is 0 Å². The minimum absolute atomic E-state index is 0.218. The molecule has 108 valence electrons. The predicted molar refractivity (Wildman–Crippen MR) is 73.9 cm³/mol. The molecule has 0 saturated carbocycles. The Balaban J connectivity index is 2.11. The van der Waals surface area contributed by atoms with Crippen LogP contribution in [-0.4, -0.2) is 60.2 Å². The van der Waals surface area contributed by atoms with Crippen LogP contribution in [0.3, 0.4) is 0 Å². The molecule has 6 heteroatoms. The van der Waals surface area contributed by atoms with Gasteiger partial charge in [0.05, 0.1) is 6.04 Å². The maximum absolute atomic E-state index is 5.57. The summed E-state index contributed by atoms with van der Waals surface area (Å²) in [5.74, 6) is 1.75. The summed E-state index contributed by atoms with van der Waals surface area (Å²) in [4.78, 5) is 9.22. The lowest BCUT2D eigenvalue weighted by Gasteiger charge is -2.24. The van der Waals surface area contributed by atoms with Gasteiger partial charge < -0.3 is 15.2 Å². The Labute approximate surface area is 114 Å². The van der Waals surface area contributed by atoms with Crippen LogP contribution in [0.2, 0.25) is 0 Å². The average Bonchev–Trinajstić information content (AvgIpc) is 2.79. The van der Waals surface area contributed by atoms with Gasteiger partial charge in [0.25, 0.3) is 0 Å². The molecule has 0 amide bonds. The Kier molecular flexibility index (Phi) is 4.90. The van der Waals surface area contributed by atoms with Gasteiger partial charge in [-0.2, -0.15) is 4.98 Å². The number of hydrogen-bond acceptors (Lipinski definition) is 6. The monoisotopic (exact) mass is 267 g/mol. The van der Waals surface area contributed by atoms with E-state index in [2.05, 4.69) is 41.0 Å². The van der Waals surface area contributed by atoms with Gasteiger partial charge in [0.1, 0.15) is 0 Å². The lowest BCUT2D eigenvalue weighted by atomic mass is 10.1. The molecule has 6 nitrogen and oxygen atoms in total. The van der Waals surface area contributed by atoms with Crippen LogP contribution in [0.15, 0.2) is 4.52 Å². The largest absolute Gasteiger partial charge is 0.339 e. The zero-order chi connectivity index (χ0) is 13.8. The summed E-state index contributed by atoms with van der Waals surface area (Å²) >= 11 is 0. The zero-order valence-electron chi connectivity index (χ0n) is 12.2. The molecule has 1 aromatic rings. The van der Waals surface area contributed by atoms with Gasteiger partial charge in [-0.3, -0.25) is 4.90 Å². The highest BCUT2D eigenvalue weighted by Gasteiger charge is 2.27. The fourth-order valence-electron chi connectivity index (χ4n) is 2.51. The molecule has 2 atom stereocenters. The van der Waals surface area contributed by atoms with Crippen LogP contribution in [-0.2, 0) is 0 Å². The maximum atomic E-state index is 5.57. The van der Waals surface area contributed by atoms with Crippen LogP contribution in [0, 0.1) is 0 Å². The second-order valence-electron chi connectivity index (χ2n) is 5.58. The number of aromatic nitrogens is 2. The Morgan fingerprint density at radius 3 is 2.95 bits per heavy atom. The van der Waals surface area contributed by atoms with Gasteiger partial charge in [0.15, 0.2) is 5.82 Å². The summed E-state index contributed by atoms with van der Waals surface area (Å²) in [6.07, 6.45) is 2.06. The van der Waals surface area contributed by atoms with Crippen molar-refractivity contribution in [1.29, 1.82) is 0 Å². The van der Waals surface area contributed by atoms with Crippen molar-refractivity contribution in [2.75, 3.05) is 40.3 Å². The predicted octanol–water partition coefficient (Wildman–Crippen LogP) is 0.830. The third-order valence-electron chi connectivity index (χ3n) is 3.84. The smallest absolute Gasteiger partial charge is 0.229 e. The van der Waals surface area contributed by atoms with Crippen LogP contribution in [0.5, 0.6) is 0 Å². The minimum atomic E-state index is 0.218. The van der Waals surface area contributed by atoms with Crippen LogP contribution < -0.4 is 5.73 Å². The van der Waals surface area contributed by atoms with Crippen molar-refractivity contribution in [1.82, 2.24) is 19.9 Å². The lowest BCUT2D eigenvalue weighted by molar-refractivity contribution is 0.214. The van der Waals surface area contributed by atoms with Crippen molar-refractivity contribution in [2.45, 2.75) is 31.7 Å². The van der Waals surface area contributed by atoms with Crippen molar-refractivity contribution in [3.8, 4) is 0 Å². The Hall–Kier alpha value is -0.980. The first-order valence-electron chi connectivity index (χ1n) is 7.04. The summed E-state index contributed by atoms with van der Waals surface area (Å²) in [7, 11) is 4.27. The molecule has 2 rings (SSSR count). The quantitative estimate of drug-likeness (QED) is 0.871. The van der Waals surface area contributed by atoms with E-state index < -0.39 is 0 Å². The molecule has 2 heterocycles. The van der Waals surface area contributed by atoms with Crippen molar-refractivity contribution >= 4 is 0 Å². The van der Waals surface area contributed by atoms with E-state index in [0.717, 1.165) is 31.9 Å². The molecule has 0 spiro atoms. The SMILES string of the molecule is CC(CCN)c1nc(C2CN(C)CCCN2C)no1. The van der Waals surface area contributed by atoms with Gasteiger partial charge in [0.2, 0.25) is 5.89 Å². The number of nitrogens with zero attached hydrogens (tertiary/aromatic N) is 4. The van der Waals surface area contributed by atoms with E-state index >= 15 is 0 Å². The first kappa shape index (κ1) is 14.4. The Morgan fingerprint density at radius 2 is 2.21 bits per heavy atom. The van der Waals surface area contributed by atoms with Crippen molar-refractivity contribution in [2.24, 2.45) is 5.73 Å². The highest BCUT2D eigenvalue weighted by molar-refractivity contribution is 4.99. The molecule has 1 aliphatic heterocycles. The summed E-state index contributed by atoms with van der Waals surface area (Å²) < 4.78 is 5.39. The fraction of sp³-hybridized carbons (Fsp3) is 0.846. The zero-order valence-corrected chi connectivity index (χ0v) is 12.2. The first-order chi connectivity index (χ1) is 9.11. The Bertz CT molecular complexity index is 394. The summed E-state index contributed by atoms with van der Waals surface area (Å²) in [5, 5.41) is 4.17. The molecule has 1 aromatic heterocycles. The van der Waals surface area contributed by atoms with Crippen LogP contribution in [0.25, 0.3) is 0 Å². The van der Waals surface area contributed by atoms with Gasteiger partial charge in [-0.05, 0) is 46.6 Å². The third-order valence-corrected chi connectivity index (χ3v) is 3.84. The van der Waals surface area contributed by atoms with Gasteiger partial charge in [-0.25, -0.2) is 0 Å². The molecule has 1 fully saturated rings. The molecule has 2 N–H and O–H groups in total. The van der Waals surface area contributed by atoms with Crippen LogP contribution in [0.4, 0.5) is 0 Å². The van der Waals surface area contributed by atoms with Gasteiger partial charge in [-0.15, -0.1) is 0 Å². The van der Waals surface area contributed by atoms with E-state index in [0.29, 0.717) is 12.4 Å². The number of rotatable bonds is 4. The molecule has 1 aliphatic rings. The second-order valence-corrected chi connectivity index (χ2v) is 5.58. The molecular formula is C13H25N5O. The molecular weight excluding hydrogens is 242 g/mol. The van der Waals surface area contributed by atoms with Gasteiger partial charge >= 0.3 is 0 Å². The Morgan fingerprint density at radius 1 is 1.42 bits per heavy atom. The molecule has 0 bridgehead atoms. The van der Waals surface area contributed by atoms with E-state index in [4.69, 9.17) is 10.3 Å². The van der Waals surface area contributed by atoms with E-state index in [-0.39, 0.29) is 12.0 Å². The summed E-state index contributed by atoms with van der Waals surface area (Å²) in [6, 6.07) is 0.218. The molecule has 2 unspecified atom stereocenters. The molecule has 1 saturated heterocycles. The average molecular weight is 267 g/mol. The first-order valence-corrected chi connectivity index (χ1v) is 7.04. The van der Waals surface area contributed by atoms with E-state index in [1.165, 1.54) is 6.42 Å². The van der Waals surface area contributed by atoms with Crippen molar-refractivity contribution < 1.29 is 4.52 Å². The summed E-state index contributed by atoms with van der Waals surface area (Å²) in [5.41, 5.74) is 5.57.